The molecule has 2 aromatic rings. The minimum atomic E-state index is -0.566. The Hall–Kier alpha value is -1.90. The minimum absolute atomic E-state index is 0.149. The minimum Gasteiger partial charge on any atom is -0.346 e. The largest absolute Gasteiger partial charge is 0.346 e. The van der Waals surface area contributed by atoms with E-state index < -0.39 is 5.79 Å². The smallest absolute Gasteiger partial charge is 0.189 e. The number of rotatable bonds is 2. The molecule has 0 amide bonds. The van der Waals surface area contributed by atoms with E-state index in [2.05, 4.69) is 72.8 Å². The molecule has 2 aliphatic heterocycles. The first-order valence-corrected chi connectivity index (χ1v) is 7.90. The van der Waals surface area contributed by atoms with Crippen LogP contribution in [-0.4, -0.2) is 19.0 Å². The first kappa shape index (κ1) is 13.7. The molecule has 2 heterocycles. The van der Waals surface area contributed by atoms with Crippen LogP contribution in [0.25, 0.3) is 0 Å². The zero-order valence-corrected chi connectivity index (χ0v) is 12.6. The van der Waals surface area contributed by atoms with E-state index >= 15 is 0 Å². The van der Waals surface area contributed by atoms with Gasteiger partial charge in [-0.15, -0.1) is 0 Å². The van der Waals surface area contributed by atoms with Gasteiger partial charge in [-0.1, -0.05) is 66.7 Å². The van der Waals surface area contributed by atoms with Crippen molar-refractivity contribution >= 4 is 0 Å². The van der Waals surface area contributed by atoms with Crippen molar-refractivity contribution in [1.82, 2.24) is 0 Å². The van der Waals surface area contributed by atoms with Crippen molar-refractivity contribution < 1.29 is 9.47 Å². The number of hydrogen-bond donors (Lipinski definition) is 0. The lowest BCUT2D eigenvalue weighted by molar-refractivity contribution is -0.179. The molecule has 0 N–H and O–H groups in total. The van der Waals surface area contributed by atoms with Crippen LogP contribution in [0.4, 0.5) is 0 Å². The molecule has 0 unspecified atom stereocenters. The van der Waals surface area contributed by atoms with E-state index in [0.29, 0.717) is 6.61 Å². The SMILES string of the molecule is C1=C[C@@]2(CC(c3ccccc3)(c3ccccc3)CO2)OCC1. The highest BCUT2D eigenvalue weighted by Gasteiger charge is 2.51. The second-order valence-corrected chi connectivity index (χ2v) is 6.13. The van der Waals surface area contributed by atoms with Gasteiger partial charge in [-0.05, 0) is 23.6 Å². The van der Waals surface area contributed by atoms with Crippen LogP contribution in [0.5, 0.6) is 0 Å². The Kier molecular flexibility index (Phi) is 3.36. The fraction of sp³-hybridized carbons (Fsp3) is 0.300. The predicted octanol–water partition coefficient (Wildman–Crippen LogP) is 4.07. The summed E-state index contributed by atoms with van der Waals surface area (Å²) >= 11 is 0. The van der Waals surface area contributed by atoms with Crippen LogP contribution in [0.1, 0.15) is 24.0 Å². The number of benzene rings is 2. The van der Waals surface area contributed by atoms with E-state index in [1.807, 2.05) is 0 Å². The van der Waals surface area contributed by atoms with Crippen molar-refractivity contribution in [2.24, 2.45) is 0 Å². The molecule has 2 aliphatic rings. The van der Waals surface area contributed by atoms with E-state index in [4.69, 9.17) is 9.47 Å². The van der Waals surface area contributed by atoms with Gasteiger partial charge in [-0.2, -0.15) is 0 Å². The van der Waals surface area contributed by atoms with Gasteiger partial charge in [0.25, 0.3) is 0 Å². The maximum Gasteiger partial charge on any atom is 0.189 e. The molecule has 22 heavy (non-hydrogen) atoms. The lowest BCUT2D eigenvalue weighted by Crippen LogP contribution is -2.35. The number of ether oxygens (including phenoxy) is 2. The van der Waals surface area contributed by atoms with Gasteiger partial charge in [-0.3, -0.25) is 0 Å². The van der Waals surface area contributed by atoms with Crippen LogP contribution in [-0.2, 0) is 14.9 Å². The fourth-order valence-electron chi connectivity index (χ4n) is 3.63. The van der Waals surface area contributed by atoms with Crippen molar-refractivity contribution in [2.75, 3.05) is 13.2 Å². The van der Waals surface area contributed by atoms with Gasteiger partial charge in [0.05, 0.1) is 13.2 Å². The second kappa shape index (κ2) is 5.38. The zero-order chi connectivity index (χ0) is 14.9. The van der Waals surface area contributed by atoms with Crippen molar-refractivity contribution in [2.45, 2.75) is 24.0 Å². The fourth-order valence-corrected chi connectivity index (χ4v) is 3.63. The lowest BCUT2D eigenvalue weighted by atomic mass is 9.72. The maximum atomic E-state index is 6.20. The second-order valence-electron chi connectivity index (χ2n) is 6.13. The Labute approximate surface area is 131 Å². The Morgan fingerprint density at radius 3 is 1.95 bits per heavy atom. The number of hydrogen-bond acceptors (Lipinski definition) is 2. The van der Waals surface area contributed by atoms with E-state index in [1.54, 1.807) is 0 Å². The molecule has 112 valence electrons. The molecule has 0 saturated carbocycles. The Morgan fingerprint density at radius 1 is 0.773 bits per heavy atom. The normalized spacial score (nSPS) is 26.4. The molecule has 1 fully saturated rings. The van der Waals surface area contributed by atoms with E-state index in [9.17, 15) is 0 Å². The summed E-state index contributed by atoms with van der Waals surface area (Å²) in [6.07, 6.45) is 6.07. The van der Waals surface area contributed by atoms with E-state index in [0.717, 1.165) is 19.4 Å². The van der Waals surface area contributed by atoms with Crippen LogP contribution in [0.15, 0.2) is 72.8 Å². The highest BCUT2D eigenvalue weighted by Crippen LogP contribution is 2.48. The molecule has 1 saturated heterocycles. The van der Waals surface area contributed by atoms with E-state index in [1.165, 1.54) is 11.1 Å². The zero-order valence-electron chi connectivity index (χ0n) is 12.6. The molecular formula is C20H20O2. The van der Waals surface area contributed by atoms with Gasteiger partial charge >= 0.3 is 0 Å². The molecule has 1 spiro atoms. The van der Waals surface area contributed by atoms with Crippen molar-refractivity contribution in [3.05, 3.63) is 83.9 Å². The van der Waals surface area contributed by atoms with Crippen molar-refractivity contribution in [1.29, 1.82) is 0 Å². The third-order valence-corrected chi connectivity index (χ3v) is 4.77. The summed E-state index contributed by atoms with van der Waals surface area (Å²) in [5, 5.41) is 0. The summed E-state index contributed by atoms with van der Waals surface area (Å²) in [5.74, 6) is -0.566. The van der Waals surface area contributed by atoms with Crippen molar-refractivity contribution in [3.8, 4) is 0 Å². The van der Waals surface area contributed by atoms with Crippen LogP contribution >= 0.6 is 0 Å². The van der Waals surface area contributed by atoms with Crippen LogP contribution in [0.2, 0.25) is 0 Å². The topological polar surface area (TPSA) is 18.5 Å². The summed E-state index contributed by atoms with van der Waals surface area (Å²) < 4.78 is 12.2. The molecule has 2 nitrogen and oxygen atoms in total. The Balaban J connectivity index is 1.81. The predicted molar refractivity (Wildman–Crippen MR) is 86.7 cm³/mol. The molecule has 1 atom stereocenters. The highest BCUT2D eigenvalue weighted by molar-refractivity contribution is 5.42. The van der Waals surface area contributed by atoms with Crippen LogP contribution < -0.4 is 0 Å². The highest BCUT2D eigenvalue weighted by atomic mass is 16.7. The van der Waals surface area contributed by atoms with Gasteiger partial charge < -0.3 is 9.47 Å². The van der Waals surface area contributed by atoms with Gasteiger partial charge in [0, 0.05) is 11.8 Å². The van der Waals surface area contributed by atoms with Gasteiger partial charge in [0.1, 0.15) is 0 Å². The molecule has 2 aromatic carbocycles. The van der Waals surface area contributed by atoms with Crippen LogP contribution in [0, 0.1) is 0 Å². The standard InChI is InChI=1S/C20H20O2/c1-3-9-17(10-4-1)19(18-11-5-2-6-12-18)15-20(22-16-19)13-7-8-14-21-20/h1-7,9-13H,8,14-16H2/t20-/m1/s1. The van der Waals surface area contributed by atoms with Gasteiger partial charge in [-0.25, -0.2) is 0 Å². The quantitative estimate of drug-likeness (QED) is 0.777. The third-order valence-electron chi connectivity index (χ3n) is 4.77. The molecule has 2 heteroatoms. The molecule has 4 rings (SSSR count). The summed E-state index contributed by atoms with van der Waals surface area (Å²) in [5.41, 5.74) is 2.44. The molecule has 0 aromatic heterocycles. The molecule has 0 bridgehead atoms. The Morgan fingerprint density at radius 2 is 1.41 bits per heavy atom. The summed E-state index contributed by atoms with van der Waals surface area (Å²) in [4.78, 5) is 0. The first-order chi connectivity index (χ1) is 10.8. The summed E-state index contributed by atoms with van der Waals surface area (Å²) in [6.45, 7) is 1.38. The lowest BCUT2D eigenvalue weighted by Gasteiger charge is -2.32. The van der Waals surface area contributed by atoms with Gasteiger partial charge in [0.15, 0.2) is 5.79 Å². The molecule has 0 aliphatic carbocycles. The van der Waals surface area contributed by atoms with E-state index in [-0.39, 0.29) is 5.41 Å². The summed E-state index contributed by atoms with van der Waals surface area (Å²) in [6, 6.07) is 21.3. The first-order valence-electron chi connectivity index (χ1n) is 7.90. The van der Waals surface area contributed by atoms with Crippen molar-refractivity contribution in [3.63, 3.8) is 0 Å². The van der Waals surface area contributed by atoms with Gasteiger partial charge in [0.2, 0.25) is 0 Å². The van der Waals surface area contributed by atoms with Crippen LogP contribution in [0.3, 0.4) is 0 Å². The third kappa shape index (κ3) is 2.20. The molecular weight excluding hydrogens is 272 g/mol. The maximum absolute atomic E-state index is 6.20. The average molecular weight is 292 g/mol. The Bertz CT molecular complexity index is 623. The molecule has 0 radical (unpaired) electrons. The average Bonchev–Trinajstić information content (AvgIpc) is 2.97. The monoisotopic (exact) mass is 292 g/mol. The summed E-state index contributed by atoms with van der Waals surface area (Å²) in [7, 11) is 0.